The van der Waals surface area contributed by atoms with Gasteiger partial charge in [0.2, 0.25) is 5.91 Å². The van der Waals surface area contributed by atoms with E-state index >= 15 is 0 Å². The zero-order chi connectivity index (χ0) is 15.7. The van der Waals surface area contributed by atoms with Gasteiger partial charge in [-0.15, -0.1) is 0 Å². The second-order valence-electron chi connectivity index (χ2n) is 5.67. The molecule has 0 fully saturated rings. The van der Waals surface area contributed by atoms with Crippen LogP contribution in [0, 0.1) is 0 Å². The number of aromatic nitrogens is 3. The zero-order valence-corrected chi connectivity index (χ0v) is 12.7. The number of hydrogen-bond acceptors (Lipinski definition) is 5. The number of rotatable bonds is 3. The van der Waals surface area contributed by atoms with E-state index in [1.54, 1.807) is 17.2 Å². The number of oxazole rings is 1. The highest BCUT2D eigenvalue weighted by molar-refractivity contribution is 5.76. The first-order valence-corrected chi connectivity index (χ1v) is 7.32. The van der Waals surface area contributed by atoms with E-state index in [-0.39, 0.29) is 18.4 Å². The molecule has 0 aliphatic carbocycles. The lowest BCUT2D eigenvalue weighted by molar-refractivity contribution is -0.133. The van der Waals surface area contributed by atoms with E-state index in [1.165, 1.54) is 10.8 Å². The Kier molecular flexibility index (Phi) is 3.79. The van der Waals surface area contributed by atoms with E-state index in [0.29, 0.717) is 25.4 Å². The molecule has 2 aromatic heterocycles. The normalized spacial score (nSPS) is 14.2. The van der Waals surface area contributed by atoms with Gasteiger partial charge in [0.1, 0.15) is 18.0 Å². The average molecular weight is 302 g/mol. The second-order valence-corrected chi connectivity index (χ2v) is 5.67. The van der Waals surface area contributed by atoms with Crippen molar-refractivity contribution in [1.82, 2.24) is 19.4 Å². The molecule has 2 aromatic rings. The molecule has 0 N–H and O–H groups in total. The topological polar surface area (TPSA) is 81.2 Å². The third-order valence-electron chi connectivity index (χ3n) is 3.68. The first-order valence-electron chi connectivity index (χ1n) is 7.32. The summed E-state index contributed by atoms with van der Waals surface area (Å²) in [6.07, 6.45) is 3.64. The van der Waals surface area contributed by atoms with Crippen molar-refractivity contribution in [3.8, 4) is 0 Å². The largest absolute Gasteiger partial charge is 0.445 e. The van der Waals surface area contributed by atoms with E-state index in [0.717, 1.165) is 11.5 Å². The molecule has 1 amide bonds. The fourth-order valence-electron chi connectivity index (χ4n) is 2.43. The van der Waals surface area contributed by atoms with Crippen LogP contribution in [0.1, 0.15) is 37.1 Å². The van der Waals surface area contributed by atoms with Crippen molar-refractivity contribution in [1.29, 1.82) is 0 Å². The fraction of sp³-hybridized carbons (Fsp3) is 0.467. The lowest BCUT2D eigenvalue weighted by atomic mass is 10.1. The van der Waals surface area contributed by atoms with Crippen LogP contribution in [0.5, 0.6) is 0 Å². The van der Waals surface area contributed by atoms with Crippen LogP contribution in [0.25, 0.3) is 0 Å². The molecule has 0 atom stereocenters. The zero-order valence-electron chi connectivity index (χ0n) is 12.7. The number of nitrogens with zero attached hydrogens (tertiary/aromatic N) is 4. The summed E-state index contributed by atoms with van der Waals surface area (Å²) in [6, 6.07) is 1.63. The maximum Gasteiger partial charge on any atom is 0.347 e. The smallest absolute Gasteiger partial charge is 0.347 e. The Bertz CT molecular complexity index is 747. The Balaban J connectivity index is 1.72. The van der Waals surface area contributed by atoms with E-state index < -0.39 is 5.69 Å². The van der Waals surface area contributed by atoms with Crippen molar-refractivity contribution in [2.75, 3.05) is 6.54 Å². The highest BCUT2D eigenvalue weighted by Gasteiger charge is 2.26. The molecule has 0 aromatic carbocycles. The summed E-state index contributed by atoms with van der Waals surface area (Å²) in [6.45, 7) is 5.05. The van der Waals surface area contributed by atoms with Crippen LogP contribution in [-0.4, -0.2) is 31.9 Å². The Morgan fingerprint density at radius 3 is 3.00 bits per heavy atom. The average Bonchev–Trinajstić information content (AvgIpc) is 2.93. The fourth-order valence-corrected chi connectivity index (χ4v) is 2.43. The third-order valence-corrected chi connectivity index (χ3v) is 3.68. The maximum atomic E-state index is 12.4. The lowest BCUT2D eigenvalue weighted by Crippen LogP contribution is -2.39. The first kappa shape index (κ1) is 14.5. The molecule has 22 heavy (non-hydrogen) atoms. The van der Waals surface area contributed by atoms with Crippen LogP contribution in [0.4, 0.5) is 0 Å². The molecular weight excluding hydrogens is 284 g/mol. The van der Waals surface area contributed by atoms with Crippen molar-refractivity contribution in [2.45, 2.75) is 39.3 Å². The molecule has 7 nitrogen and oxygen atoms in total. The molecule has 0 spiro atoms. The van der Waals surface area contributed by atoms with Crippen molar-refractivity contribution < 1.29 is 9.21 Å². The molecular formula is C15H18N4O3. The Morgan fingerprint density at radius 2 is 2.27 bits per heavy atom. The molecule has 0 unspecified atom stereocenters. The van der Waals surface area contributed by atoms with Crippen LogP contribution in [0.15, 0.2) is 27.7 Å². The number of amides is 1. The van der Waals surface area contributed by atoms with Gasteiger partial charge in [-0.3, -0.25) is 9.36 Å². The minimum atomic E-state index is -0.419. The summed E-state index contributed by atoms with van der Waals surface area (Å²) in [5.74, 6) is 1.69. The summed E-state index contributed by atoms with van der Waals surface area (Å²) >= 11 is 0. The molecule has 0 saturated heterocycles. The predicted octanol–water partition coefficient (Wildman–Crippen LogP) is 0.940. The minimum Gasteiger partial charge on any atom is -0.445 e. The quantitative estimate of drug-likeness (QED) is 0.843. The van der Waals surface area contributed by atoms with Crippen LogP contribution in [0.2, 0.25) is 0 Å². The van der Waals surface area contributed by atoms with Gasteiger partial charge < -0.3 is 9.32 Å². The van der Waals surface area contributed by atoms with E-state index in [9.17, 15) is 9.59 Å². The summed E-state index contributed by atoms with van der Waals surface area (Å²) < 4.78 is 7.02. The Hall–Kier alpha value is -2.44. The van der Waals surface area contributed by atoms with Crippen molar-refractivity contribution in [3.63, 3.8) is 0 Å². The van der Waals surface area contributed by atoms with Gasteiger partial charge in [-0.05, 0) is 6.07 Å². The molecule has 0 bridgehead atoms. The molecule has 116 valence electrons. The standard InChI is InChI=1S/C15H18N4O3/c1-10(2)14-17-11-8-18(7-4-12(11)22-14)13(20)9-19-6-3-5-16-15(19)21/h3,5-6,10H,4,7-9H2,1-2H3. The Labute approximate surface area is 127 Å². The van der Waals surface area contributed by atoms with Gasteiger partial charge in [0.25, 0.3) is 0 Å². The van der Waals surface area contributed by atoms with E-state index in [1.807, 2.05) is 13.8 Å². The summed E-state index contributed by atoms with van der Waals surface area (Å²) in [4.78, 5) is 33.7. The first-order chi connectivity index (χ1) is 10.5. The molecule has 1 aliphatic heterocycles. The summed E-state index contributed by atoms with van der Waals surface area (Å²) in [7, 11) is 0. The van der Waals surface area contributed by atoms with Gasteiger partial charge in [-0.25, -0.2) is 14.8 Å². The monoisotopic (exact) mass is 302 g/mol. The van der Waals surface area contributed by atoms with Crippen LogP contribution >= 0.6 is 0 Å². The molecule has 7 heteroatoms. The number of fused-ring (bicyclic) bond motifs is 1. The number of carbonyl (C=O) groups is 1. The second kappa shape index (κ2) is 5.75. The SMILES string of the molecule is CC(C)c1nc2c(o1)CCN(C(=O)Cn1cccnc1=O)C2. The van der Waals surface area contributed by atoms with Crippen LogP contribution in [0.3, 0.4) is 0 Å². The molecule has 0 saturated carbocycles. The summed E-state index contributed by atoms with van der Waals surface area (Å²) in [5.41, 5.74) is 0.402. The molecule has 3 rings (SSSR count). The van der Waals surface area contributed by atoms with Crippen molar-refractivity contribution >= 4 is 5.91 Å². The van der Waals surface area contributed by atoms with Crippen LogP contribution in [-0.2, 0) is 24.3 Å². The van der Waals surface area contributed by atoms with Gasteiger partial charge in [-0.1, -0.05) is 13.8 Å². The van der Waals surface area contributed by atoms with Gasteiger partial charge in [-0.2, -0.15) is 0 Å². The van der Waals surface area contributed by atoms with Gasteiger partial charge in [0.15, 0.2) is 5.89 Å². The minimum absolute atomic E-state index is 0.00308. The maximum absolute atomic E-state index is 12.4. The van der Waals surface area contributed by atoms with Gasteiger partial charge in [0, 0.05) is 31.3 Å². The highest BCUT2D eigenvalue weighted by atomic mass is 16.4. The van der Waals surface area contributed by atoms with Crippen LogP contribution < -0.4 is 5.69 Å². The Morgan fingerprint density at radius 1 is 1.45 bits per heavy atom. The van der Waals surface area contributed by atoms with E-state index in [2.05, 4.69) is 9.97 Å². The van der Waals surface area contributed by atoms with Crippen molar-refractivity contribution in [3.05, 3.63) is 46.3 Å². The molecule has 0 radical (unpaired) electrons. The third kappa shape index (κ3) is 2.79. The van der Waals surface area contributed by atoms with Gasteiger partial charge >= 0.3 is 5.69 Å². The van der Waals surface area contributed by atoms with E-state index in [4.69, 9.17) is 4.42 Å². The molecule has 1 aliphatic rings. The highest BCUT2D eigenvalue weighted by Crippen LogP contribution is 2.23. The van der Waals surface area contributed by atoms with Crippen molar-refractivity contribution in [2.24, 2.45) is 0 Å². The lowest BCUT2D eigenvalue weighted by Gasteiger charge is -2.25. The number of hydrogen-bond donors (Lipinski definition) is 0. The number of carbonyl (C=O) groups excluding carboxylic acids is 1. The summed E-state index contributed by atoms with van der Waals surface area (Å²) in [5, 5.41) is 0. The predicted molar refractivity (Wildman–Crippen MR) is 78.2 cm³/mol. The molecule has 3 heterocycles. The van der Waals surface area contributed by atoms with Gasteiger partial charge in [0.05, 0.1) is 6.54 Å².